The number of nitrogens with one attached hydrogen (secondary N) is 1. The molecule has 2 saturated carbocycles. The number of nitrogens with zero attached hydrogens (tertiary/aromatic N) is 3. The zero-order chi connectivity index (χ0) is 28.8. The molecule has 3 fully saturated rings. The first-order valence-electron chi connectivity index (χ1n) is 14.0. The number of nitriles is 1. The summed E-state index contributed by atoms with van der Waals surface area (Å²) in [6.45, 7) is 1.11. The Morgan fingerprint density at radius 1 is 1.10 bits per heavy atom. The predicted molar refractivity (Wildman–Crippen MR) is 158 cm³/mol. The van der Waals surface area contributed by atoms with Crippen molar-refractivity contribution in [3.8, 4) is 27.1 Å². The van der Waals surface area contributed by atoms with Crippen LogP contribution in [-0.4, -0.2) is 50.1 Å². The van der Waals surface area contributed by atoms with E-state index in [4.69, 9.17) is 4.98 Å². The number of hydrogen-bond acceptors (Lipinski definition) is 7. The topological polar surface area (TPSA) is 109 Å². The lowest BCUT2D eigenvalue weighted by Crippen LogP contribution is -2.42. The van der Waals surface area contributed by atoms with Crippen molar-refractivity contribution in [3.05, 3.63) is 59.8 Å². The summed E-state index contributed by atoms with van der Waals surface area (Å²) in [5.74, 6) is -1.94. The molecule has 3 aliphatic rings. The largest absolute Gasteiger partial charge is 0.368 e. The van der Waals surface area contributed by atoms with Crippen LogP contribution in [0.15, 0.2) is 42.5 Å². The fraction of sp³-hybridized carbons (Fsp3) is 0.433. The molecule has 6 rings (SSSR count). The molecule has 0 spiro atoms. The monoisotopic (exact) mass is 598 g/mol. The van der Waals surface area contributed by atoms with Crippen LogP contribution in [0.1, 0.15) is 50.1 Å². The van der Waals surface area contributed by atoms with Crippen LogP contribution in [0.25, 0.3) is 21.0 Å². The van der Waals surface area contributed by atoms with E-state index in [1.165, 1.54) is 23.5 Å². The first-order valence-corrected chi connectivity index (χ1v) is 16.7. The van der Waals surface area contributed by atoms with Gasteiger partial charge in [-0.15, -0.1) is 11.3 Å². The van der Waals surface area contributed by atoms with Gasteiger partial charge < -0.3 is 10.2 Å². The quantitative estimate of drug-likeness (QED) is 0.289. The van der Waals surface area contributed by atoms with E-state index in [1.54, 1.807) is 0 Å². The van der Waals surface area contributed by atoms with Crippen molar-refractivity contribution < 1.29 is 22.7 Å². The lowest BCUT2D eigenvalue weighted by atomic mass is 9.76. The van der Waals surface area contributed by atoms with Gasteiger partial charge in [0, 0.05) is 36.2 Å². The van der Waals surface area contributed by atoms with Crippen LogP contribution in [0.2, 0.25) is 0 Å². The minimum atomic E-state index is -2.50. The van der Waals surface area contributed by atoms with Gasteiger partial charge in [0.1, 0.15) is 10.5 Å². The van der Waals surface area contributed by atoms with Crippen LogP contribution in [0.4, 0.5) is 14.5 Å². The van der Waals surface area contributed by atoms with Gasteiger partial charge in [-0.3, -0.25) is 13.9 Å². The molecule has 41 heavy (non-hydrogen) atoms. The molecular formula is C30H32F2N4O3S2. The van der Waals surface area contributed by atoms with E-state index >= 15 is 0 Å². The van der Waals surface area contributed by atoms with E-state index in [0.29, 0.717) is 54.6 Å². The molecule has 3 N–H and O–H groups in total. The Hall–Kier alpha value is -3.04. The van der Waals surface area contributed by atoms with E-state index in [0.717, 1.165) is 41.5 Å². The SMILES string of the molecule is N#CC1(NC(=O)[C@@H]2CCCC[C@H]2c2nc(-c3cccc(F)c3F)sc2-c2ccc(N3CCS(O)(O)CC3)cc2)CC1. The first-order chi connectivity index (χ1) is 19.7. The predicted octanol–water partition coefficient (Wildman–Crippen LogP) is 6.77. The summed E-state index contributed by atoms with van der Waals surface area (Å²) >= 11 is 1.29. The highest BCUT2D eigenvalue weighted by molar-refractivity contribution is 8.24. The molecule has 0 unspecified atom stereocenters. The van der Waals surface area contributed by atoms with E-state index in [9.17, 15) is 27.9 Å². The third-order valence-corrected chi connectivity index (χ3v) is 11.3. The molecule has 1 saturated heterocycles. The van der Waals surface area contributed by atoms with Crippen LogP contribution in [0.5, 0.6) is 0 Å². The van der Waals surface area contributed by atoms with Crippen LogP contribution < -0.4 is 10.2 Å². The number of carbonyl (C=O) groups is 1. The highest BCUT2D eigenvalue weighted by Crippen LogP contribution is 2.47. The molecule has 1 aromatic heterocycles. The van der Waals surface area contributed by atoms with Crippen molar-refractivity contribution in [1.29, 1.82) is 5.26 Å². The lowest BCUT2D eigenvalue weighted by molar-refractivity contribution is -0.127. The summed E-state index contributed by atoms with van der Waals surface area (Å²) in [4.78, 5) is 21.3. The minimum absolute atomic E-state index is 0.0876. The Kier molecular flexibility index (Phi) is 7.53. The van der Waals surface area contributed by atoms with Crippen LogP contribution >= 0.6 is 21.9 Å². The van der Waals surface area contributed by atoms with Gasteiger partial charge in [0.25, 0.3) is 0 Å². The molecule has 2 aromatic carbocycles. The van der Waals surface area contributed by atoms with Crippen molar-refractivity contribution in [2.75, 3.05) is 29.5 Å². The summed E-state index contributed by atoms with van der Waals surface area (Å²) in [5.41, 5.74) is 1.86. The van der Waals surface area contributed by atoms with Gasteiger partial charge in [-0.1, -0.05) is 31.0 Å². The standard InChI is InChI=1S/C30H32F2N4O3S2/c31-24-7-3-6-23(25(24)32)29-34-26(21-4-1-2-5-22(21)28(37)35-30(18-33)12-13-30)27(40-29)19-8-10-20(11-9-19)36-14-16-41(38,39)17-15-36/h3,6-11,21-22,38-39H,1-2,4-5,12-17H2,(H,35,37)/t21-,22-/m1/s1. The second-order valence-corrected chi connectivity index (χ2v) is 14.7. The number of thiazole rings is 1. The average Bonchev–Trinajstić information content (AvgIpc) is 3.61. The van der Waals surface area contributed by atoms with Gasteiger partial charge in [0.15, 0.2) is 11.6 Å². The van der Waals surface area contributed by atoms with E-state index in [-0.39, 0.29) is 23.3 Å². The molecule has 1 amide bonds. The molecule has 2 atom stereocenters. The fourth-order valence-electron chi connectivity index (χ4n) is 5.87. The second kappa shape index (κ2) is 11.0. The first kappa shape index (κ1) is 28.1. The number of carbonyl (C=O) groups excluding carboxylic acids is 1. The number of benzene rings is 2. The molecule has 2 heterocycles. The van der Waals surface area contributed by atoms with Gasteiger partial charge in [0.2, 0.25) is 5.91 Å². The van der Waals surface area contributed by atoms with Crippen molar-refractivity contribution in [1.82, 2.24) is 10.3 Å². The Bertz CT molecular complexity index is 1490. The molecule has 0 bridgehead atoms. The molecule has 11 heteroatoms. The third kappa shape index (κ3) is 5.71. The van der Waals surface area contributed by atoms with E-state index in [2.05, 4.69) is 16.3 Å². The van der Waals surface area contributed by atoms with Crippen molar-refractivity contribution in [2.45, 2.75) is 50.0 Å². The molecule has 216 valence electrons. The lowest BCUT2D eigenvalue weighted by Gasteiger charge is -2.41. The van der Waals surface area contributed by atoms with E-state index < -0.39 is 27.8 Å². The number of anilines is 1. The number of aromatic nitrogens is 1. The number of halogens is 2. The van der Waals surface area contributed by atoms with Gasteiger partial charge >= 0.3 is 0 Å². The van der Waals surface area contributed by atoms with Crippen LogP contribution in [0.3, 0.4) is 0 Å². The number of hydrogen-bond donors (Lipinski definition) is 3. The van der Waals surface area contributed by atoms with Gasteiger partial charge in [-0.25, -0.2) is 13.8 Å². The summed E-state index contributed by atoms with van der Waals surface area (Å²) in [7, 11) is -2.50. The normalized spacial score (nSPS) is 23.8. The maximum absolute atomic E-state index is 14.9. The van der Waals surface area contributed by atoms with Crippen molar-refractivity contribution in [2.24, 2.45) is 5.92 Å². The second-order valence-electron chi connectivity index (χ2n) is 11.3. The average molecular weight is 599 g/mol. The minimum Gasteiger partial charge on any atom is -0.368 e. The fourth-order valence-corrected chi connectivity index (χ4v) is 8.26. The van der Waals surface area contributed by atoms with Gasteiger partial charge in [0.05, 0.1) is 28.1 Å². The molecular weight excluding hydrogens is 566 g/mol. The van der Waals surface area contributed by atoms with Crippen LogP contribution in [0, 0.1) is 28.9 Å². The van der Waals surface area contributed by atoms with E-state index in [1.807, 2.05) is 24.3 Å². The number of rotatable bonds is 6. The maximum Gasteiger partial charge on any atom is 0.225 e. The smallest absolute Gasteiger partial charge is 0.225 e. The Labute approximate surface area is 243 Å². The maximum atomic E-state index is 14.9. The zero-order valence-corrected chi connectivity index (χ0v) is 24.1. The summed E-state index contributed by atoms with van der Waals surface area (Å²) < 4.78 is 49.0. The molecule has 1 aliphatic heterocycles. The highest BCUT2D eigenvalue weighted by Gasteiger charge is 2.47. The Morgan fingerprint density at radius 3 is 2.49 bits per heavy atom. The Balaban J connectivity index is 1.36. The Morgan fingerprint density at radius 2 is 1.80 bits per heavy atom. The molecule has 3 aromatic rings. The van der Waals surface area contributed by atoms with Crippen LogP contribution in [-0.2, 0) is 4.79 Å². The molecule has 0 radical (unpaired) electrons. The van der Waals surface area contributed by atoms with Gasteiger partial charge in [-0.05, 0) is 55.5 Å². The number of amides is 1. The third-order valence-electron chi connectivity index (χ3n) is 8.49. The molecule has 2 aliphatic carbocycles. The summed E-state index contributed by atoms with van der Waals surface area (Å²) in [6, 6.07) is 14.2. The summed E-state index contributed by atoms with van der Waals surface area (Å²) in [5, 5.41) is 12.9. The van der Waals surface area contributed by atoms with Crippen molar-refractivity contribution in [3.63, 3.8) is 0 Å². The molecule has 7 nitrogen and oxygen atoms in total. The highest BCUT2D eigenvalue weighted by atomic mass is 32.3. The zero-order valence-electron chi connectivity index (χ0n) is 22.5. The summed E-state index contributed by atoms with van der Waals surface area (Å²) in [6.07, 6.45) is 4.53. The van der Waals surface area contributed by atoms with Crippen molar-refractivity contribution >= 4 is 33.5 Å². The van der Waals surface area contributed by atoms with Gasteiger partial charge in [-0.2, -0.15) is 15.9 Å².